The number of ether oxygens (including phenoxy) is 1. The maximum Gasteiger partial charge on any atom is 0.418 e. The predicted molar refractivity (Wildman–Crippen MR) is 68.3 cm³/mol. The molecule has 3 nitrogen and oxygen atoms in total. The molecule has 0 atom stereocenters. The lowest BCUT2D eigenvalue weighted by molar-refractivity contribution is -0.136. The molecule has 0 aliphatic carbocycles. The quantitative estimate of drug-likeness (QED) is 0.757. The summed E-state index contributed by atoms with van der Waals surface area (Å²) in [5, 5.41) is 0. The Kier molecular flexibility index (Phi) is 3.82. The highest BCUT2D eigenvalue weighted by atomic mass is 79.9. The minimum absolute atomic E-state index is 0.102. The normalized spacial score (nSPS) is 11.8. The summed E-state index contributed by atoms with van der Waals surface area (Å²) in [7, 11) is 0. The number of carbonyl (C=O) groups is 1. The van der Waals surface area contributed by atoms with Crippen LogP contribution in [-0.4, -0.2) is 17.6 Å². The molecule has 2 aromatic rings. The molecule has 1 aromatic heterocycles. The van der Waals surface area contributed by atoms with Gasteiger partial charge in [-0.15, -0.1) is 11.3 Å². The van der Waals surface area contributed by atoms with E-state index in [0.29, 0.717) is 3.92 Å². The Bertz CT molecular complexity index is 639. The van der Waals surface area contributed by atoms with Crippen LogP contribution in [0.15, 0.2) is 16.0 Å². The molecule has 0 aliphatic rings. The number of halogens is 4. The zero-order valence-corrected chi connectivity index (χ0v) is 11.9. The number of benzene rings is 1. The molecule has 0 radical (unpaired) electrons. The molecule has 0 bridgehead atoms. The second kappa shape index (κ2) is 5.09. The van der Waals surface area contributed by atoms with E-state index in [-0.39, 0.29) is 22.4 Å². The molecule has 102 valence electrons. The van der Waals surface area contributed by atoms with Crippen LogP contribution in [0, 0.1) is 0 Å². The lowest BCUT2D eigenvalue weighted by Gasteiger charge is -2.09. The zero-order chi connectivity index (χ0) is 14.2. The molecule has 19 heavy (non-hydrogen) atoms. The molecule has 0 fully saturated rings. The topological polar surface area (TPSA) is 39.2 Å². The standard InChI is InChI=1S/C11H7BrF3NO2S/c1-2-18-9(17)5-3-6(11(13,14)15)8-7(4-5)19-10(12)16-8/h3-4H,2H2,1H3. The number of nitrogens with zero attached hydrogens (tertiary/aromatic N) is 1. The first-order chi connectivity index (χ1) is 8.82. The summed E-state index contributed by atoms with van der Waals surface area (Å²) < 4.78 is 44.2. The monoisotopic (exact) mass is 353 g/mol. The molecule has 8 heteroatoms. The van der Waals surface area contributed by atoms with E-state index in [9.17, 15) is 18.0 Å². The fourth-order valence-corrected chi connectivity index (χ4v) is 3.01. The minimum Gasteiger partial charge on any atom is -0.462 e. The molecule has 2 rings (SSSR count). The fraction of sp³-hybridized carbons (Fsp3) is 0.273. The first-order valence-corrected chi connectivity index (χ1v) is 6.78. The van der Waals surface area contributed by atoms with Crippen LogP contribution in [0.2, 0.25) is 0 Å². The number of hydrogen-bond donors (Lipinski definition) is 0. The average molecular weight is 354 g/mol. The van der Waals surface area contributed by atoms with Gasteiger partial charge < -0.3 is 4.74 Å². The molecule has 0 saturated heterocycles. The number of thiazole rings is 1. The van der Waals surface area contributed by atoms with Gasteiger partial charge in [-0.2, -0.15) is 13.2 Å². The average Bonchev–Trinajstić information content (AvgIpc) is 2.66. The van der Waals surface area contributed by atoms with E-state index in [1.807, 2.05) is 0 Å². The van der Waals surface area contributed by atoms with Gasteiger partial charge in [0.2, 0.25) is 0 Å². The first kappa shape index (κ1) is 14.3. The van der Waals surface area contributed by atoms with Gasteiger partial charge in [0.05, 0.1) is 28.0 Å². The van der Waals surface area contributed by atoms with Crippen molar-refractivity contribution in [2.24, 2.45) is 0 Å². The summed E-state index contributed by atoms with van der Waals surface area (Å²) in [4.78, 5) is 15.3. The van der Waals surface area contributed by atoms with Crippen molar-refractivity contribution >= 4 is 43.5 Å². The Balaban J connectivity index is 2.66. The largest absolute Gasteiger partial charge is 0.462 e. The molecule has 0 spiro atoms. The number of hydrogen-bond acceptors (Lipinski definition) is 4. The van der Waals surface area contributed by atoms with Crippen molar-refractivity contribution in [3.8, 4) is 0 Å². The Morgan fingerprint density at radius 3 is 2.74 bits per heavy atom. The summed E-state index contributed by atoms with van der Waals surface area (Å²) in [6, 6.07) is 2.12. The van der Waals surface area contributed by atoms with Gasteiger partial charge in [0.1, 0.15) is 0 Å². The van der Waals surface area contributed by atoms with Crippen LogP contribution in [0.4, 0.5) is 13.2 Å². The van der Waals surface area contributed by atoms with Gasteiger partial charge in [-0.1, -0.05) is 0 Å². The maximum atomic E-state index is 13.0. The minimum atomic E-state index is -4.58. The van der Waals surface area contributed by atoms with Gasteiger partial charge in [-0.25, -0.2) is 9.78 Å². The van der Waals surface area contributed by atoms with E-state index in [1.165, 1.54) is 6.07 Å². The third kappa shape index (κ3) is 2.89. The van der Waals surface area contributed by atoms with Crippen molar-refractivity contribution in [2.45, 2.75) is 13.1 Å². The molecular weight excluding hydrogens is 347 g/mol. The van der Waals surface area contributed by atoms with Crippen molar-refractivity contribution in [2.75, 3.05) is 6.61 Å². The second-order valence-corrected chi connectivity index (χ2v) is 5.86. The van der Waals surface area contributed by atoms with E-state index < -0.39 is 17.7 Å². The fourth-order valence-electron chi connectivity index (χ4n) is 1.55. The lowest BCUT2D eigenvalue weighted by atomic mass is 10.1. The number of carbonyl (C=O) groups excluding carboxylic acids is 1. The summed E-state index contributed by atoms with van der Waals surface area (Å²) in [6.07, 6.45) is -4.58. The summed E-state index contributed by atoms with van der Waals surface area (Å²) in [5.74, 6) is -0.778. The van der Waals surface area contributed by atoms with E-state index in [0.717, 1.165) is 17.4 Å². The first-order valence-electron chi connectivity index (χ1n) is 5.17. The van der Waals surface area contributed by atoms with Crippen LogP contribution in [0.1, 0.15) is 22.8 Å². The molecule has 0 N–H and O–H groups in total. The van der Waals surface area contributed by atoms with Crippen molar-refractivity contribution in [1.29, 1.82) is 0 Å². The Morgan fingerprint density at radius 2 is 2.16 bits per heavy atom. The number of esters is 1. The van der Waals surface area contributed by atoms with Crippen LogP contribution in [-0.2, 0) is 10.9 Å². The van der Waals surface area contributed by atoms with Crippen LogP contribution >= 0.6 is 27.3 Å². The number of fused-ring (bicyclic) bond motifs is 1. The van der Waals surface area contributed by atoms with Gasteiger partial charge in [0, 0.05) is 0 Å². The SMILES string of the molecule is CCOC(=O)c1cc(C(F)(F)F)c2nc(Br)sc2c1. The number of rotatable bonds is 2. The van der Waals surface area contributed by atoms with E-state index >= 15 is 0 Å². The van der Waals surface area contributed by atoms with Gasteiger partial charge >= 0.3 is 12.1 Å². The van der Waals surface area contributed by atoms with Gasteiger partial charge in [-0.3, -0.25) is 0 Å². The Morgan fingerprint density at radius 1 is 1.47 bits per heavy atom. The van der Waals surface area contributed by atoms with Crippen molar-refractivity contribution in [3.63, 3.8) is 0 Å². The zero-order valence-electron chi connectivity index (χ0n) is 9.55. The molecule has 0 aliphatic heterocycles. The van der Waals surface area contributed by atoms with Crippen LogP contribution < -0.4 is 0 Å². The third-order valence-electron chi connectivity index (χ3n) is 2.29. The highest BCUT2D eigenvalue weighted by Gasteiger charge is 2.35. The van der Waals surface area contributed by atoms with Crippen molar-refractivity contribution in [3.05, 3.63) is 27.2 Å². The van der Waals surface area contributed by atoms with Crippen LogP contribution in [0.5, 0.6) is 0 Å². The highest BCUT2D eigenvalue weighted by molar-refractivity contribution is 9.11. The molecule has 1 aromatic carbocycles. The van der Waals surface area contributed by atoms with Crippen LogP contribution in [0.3, 0.4) is 0 Å². The predicted octanol–water partition coefficient (Wildman–Crippen LogP) is 4.25. The smallest absolute Gasteiger partial charge is 0.418 e. The molecule has 0 saturated carbocycles. The molecule has 0 amide bonds. The van der Waals surface area contributed by atoms with E-state index in [2.05, 4.69) is 20.9 Å². The maximum absolute atomic E-state index is 13.0. The van der Waals surface area contributed by atoms with Crippen molar-refractivity contribution in [1.82, 2.24) is 4.98 Å². The Labute approximate surface area is 118 Å². The van der Waals surface area contributed by atoms with Crippen LogP contribution in [0.25, 0.3) is 10.2 Å². The Hall–Kier alpha value is -1.15. The summed E-state index contributed by atoms with van der Waals surface area (Å²) in [6.45, 7) is 1.69. The van der Waals surface area contributed by atoms with E-state index in [1.54, 1.807) is 6.92 Å². The van der Waals surface area contributed by atoms with E-state index in [4.69, 9.17) is 4.74 Å². The van der Waals surface area contributed by atoms with Gasteiger partial charge in [0.25, 0.3) is 0 Å². The summed E-state index contributed by atoms with van der Waals surface area (Å²) >= 11 is 4.07. The van der Waals surface area contributed by atoms with Gasteiger partial charge in [-0.05, 0) is 35.0 Å². The molecule has 0 unspecified atom stereocenters. The molecule has 1 heterocycles. The lowest BCUT2D eigenvalue weighted by Crippen LogP contribution is -2.10. The molecular formula is C11H7BrF3NO2S. The third-order valence-corrected chi connectivity index (χ3v) is 3.74. The van der Waals surface area contributed by atoms with Gasteiger partial charge in [0.15, 0.2) is 3.92 Å². The second-order valence-electron chi connectivity index (χ2n) is 3.56. The van der Waals surface area contributed by atoms with Crippen molar-refractivity contribution < 1.29 is 22.7 Å². The summed E-state index contributed by atoms with van der Waals surface area (Å²) in [5.41, 5.74) is -1.23. The number of alkyl halides is 3. The highest BCUT2D eigenvalue weighted by Crippen LogP contribution is 2.38. The number of aromatic nitrogens is 1.